The first-order valence-electron chi connectivity index (χ1n) is 7.23. The number of nitrogens with zero attached hydrogens (tertiary/aromatic N) is 1. The van der Waals surface area contributed by atoms with Crippen molar-refractivity contribution in [2.24, 2.45) is 5.16 Å². The largest absolute Gasteiger partial charge is 0.463 e. The first kappa shape index (κ1) is 17.0. The van der Waals surface area contributed by atoms with Crippen LogP contribution in [0.1, 0.15) is 31.9 Å². The number of carbonyl (C=O) groups is 2. The van der Waals surface area contributed by atoms with Crippen molar-refractivity contribution >= 4 is 17.7 Å². The standard InChI is InChI=1S/C16H19NO6/c1-10(18)21-9-15-16(22-11(2)19)13(17-20)8-14(23-15)12-6-4-3-5-7-12/h3-7,14-16,20H,8-9H2,1-2H3/b17-13+/t14-,15+,16-/m1/s1. The van der Waals surface area contributed by atoms with Crippen LogP contribution in [0.4, 0.5) is 0 Å². The molecular formula is C16H19NO6. The molecule has 23 heavy (non-hydrogen) atoms. The highest BCUT2D eigenvalue weighted by Gasteiger charge is 2.40. The van der Waals surface area contributed by atoms with Crippen LogP contribution in [-0.2, 0) is 23.8 Å². The first-order chi connectivity index (χ1) is 11.0. The van der Waals surface area contributed by atoms with Gasteiger partial charge in [-0.15, -0.1) is 0 Å². The van der Waals surface area contributed by atoms with Gasteiger partial charge in [-0.25, -0.2) is 0 Å². The van der Waals surface area contributed by atoms with Crippen LogP contribution < -0.4 is 0 Å². The Morgan fingerprint density at radius 3 is 2.52 bits per heavy atom. The maximum Gasteiger partial charge on any atom is 0.303 e. The van der Waals surface area contributed by atoms with Crippen LogP contribution in [0.5, 0.6) is 0 Å². The molecule has 2 rings (SSSR count). The van der Waals surface area contributed by atoms with Gasteiger partial charge in [0.2, 0.25) is 0 Å². The second kappa shape index (κ2) is 7.73. The molecule has 1 heterocycles. The quantitative estimate of drug-likeness (QED) is 0.516. The Bertz CT molecular complexity index is 585. The van der Waals surface area contributed by atoms with Gasteiger partial charge in [0, 0.05) is 20.3 Å². The third-order valence-corrected chi connectivity index (χ3v) is 3.44. The number of esters is 2. The number of hydrogen-bond donors (Lipinski definition) is 1. The van der Waals surface area contributed by atoms with Gasteiger partial charge >= 0.3 is 11.9 Å². The van der Waals surface area contributed by atoms with E-state index < -0.39 is 24.1 Å². The summed E-state index contributed by atoms with van der Waals surface area (Å²) in [5.74, 6) is -1.01. The number of oxime groups is 1. The first-order valence-corrected chi connectivity index (χ1v) is 7.23. The fourth-order valence-electron chi connectivity index (χ4n) is 2.46. The molecule has 1 aliphatic rings. The number of benzene rings is 1. The summed E-state index contributed by atoms with van der Waals surface area (Å²) < 4.78 is 16.1. The molecule has 0 unspecified atom stereocenters. The highest BCUT2D eigenvalue weighted by Crippen LogP contribution is 2.31. The lowest BCUT2D eigenvalue weighted by Crippen LogP contribution is -2.48. The minimum atomic E-state index is -0.892. The van der Waals surface area contributed by atoms with Crippen LogP contribution in [0, 0.1) is 0 Å². The van der Waals surface area contributed by atoms with Crippen molar-refractivity contribution in [3.63, 3.8) is 0 Å². The van der Waals surface area contributed by atoms with Gasteiger partial charge < -0.3 is 19.4 Å². The van der Waals surface area contributed by atoms with Gasteiger partial charge in [-0.1, -0.05) is 35.5 Å². The van der Waals surface area contributed by atoms with E-state index in [1.165, 1.54) is 13.8 Å². The molecule has 0 aliphatic carbocycles. The Labute approximate surface area is 133 Å². The van der Waals surface area contributed by atoms with Crippen molar-refractivity contribution in [2.45, 2.75) is 38.6 Å². The van der Waals surface area contributed by atoms with Crippen molar-refractivity contribution in [2.75, 3.05) is 6.61 Å². The molecule has 1 aliphatic heterocycles. The molecule has 0 bridgehead atoms. The molecule has 1 saturated heterocycles. The Morgan fingerprint density at radius 1 is 1.26 bits per heavy atom. The molecule has 0 saturated carbocycles. The van der Waals surface area contributed by atoms with E-state index in [0.717, 1.165) is 5.56 Å². The average molecular weight is 321 g/mol. The van der Waals surface area contributed by atoms with Crippen molar-refractivity contribution < 1.29 is 29.0 Å². The van der Waals surface area contributed by atoms with E-state index in [1.807, 2.05) is 30.3 Å². The summed E-state index contributed by atoms with van der Waals surface area (Å²) >= 11 is 0. The third-order valence-electron chi connectivity index (χ3n) is 3.44. The van der Waals surface area contributed by atoms with Crippen LogP contribution >= 0.6 is 0 Å². The minimum Gasteiger partial charge on any atom is -0.463 e. The lowest BCUT2D eigenvalue weighted by molar-refractivity contribution is -0.165. The van der Waals surface area contributed by atoms with E-state index in [0.29, 0.717) is 0 Å². The van der Waals surface area contributed by atoms with Crippen LogP contribution in [0.25, 0.3) is 0 Å². The normalized spacial score (nSPS) is 25.8. The highest BCUT2D eigenvalue weighted by atomic mass is 16.6. The summed E-state index contributed by atoms with van der Waals surface area (Å²) in [4.78, 5) is 22.3. The van der Waals surface area contributed by atoms with Gasteiger partial charge in [0.15, 0.2) is 6.10 Å². The Kier molecular flexibility index (Phi) is 5.70. The summed E-state index contributed by atoms with van der Waals surface area (Å²) in [7, 11) is 0. The molecule has 7 nitrogen and oxygen atoms in total. The van der Waals surface area contributed by atoms with Crippen molar-refractivity contribution in [1.29, 1.82) is 0 Å². The number of ether oxygens (including phenoxy) is 3. The van der Waals surface area contributed by atoms with Gasteiger partial charge in [-0.05, 0) is 5.56 Å². The smallest absolute Gasteiger partial charge is 0.303 e. The van der Waals surface area contributed by atoms with Crippen molar-refractivity contribution in [3.05, 3.63) is 35.9 Å². The zero-order valence-electron chi connectivity index (χ0n) is 13.0. The van der Waals surface area contributed by atoms with E-state index in [2.05, 4.69) is 5.16 Å². The summed E-state index contributed by atoms with van der Waals surface area (Å²) in [5, 5.41) is 12.5. The molecule has 1 fully saturated rings. The predicted octanol–water partition coefficient (Wildman–Crippen LogP) is 1.84. The van der Waals surface area contributed by atoms with Crippen molar-refractivity contribution in [1.82, 2.24) is 0 Å². The van der Waals surface area contributed by atoms with Gasteiger partial charge in [-0.2, -0.15) is 0 Å². The zero-order chi connectivity index (χ0) is 16.8. The van der Waals surface area contributed by atoms with E-state index in [1.54, 1.807) is 0 Å². The molecule has 1 N–H and O–H groups in total. The lowest BCUT2D eigenvalue weighted by atomic mass is 9.94. The monoisotopic (exact) mass is 321 g/mol. The molecule has 124 valence electrons. The SMILES string of the molecule is CC(=O)OC[C@@H]1O[C@@H](c2ccccc2)C/C(=N\O)[C@H]1OC(C)=O. The molecule has 0 spiro atoms. The van der Waals surface area contributed by atoms with E-state index >= 15 is 0 Å². The van der Waals surface area contributed by atoms with Crippen LogP contribution in [0.2, 0.25) is 0 Å². The molecule has 7 heteroatoms. The van der Waals surface area contributed by atoms with Crippen LogP contribution in [-0.4, -0.2) is 41.7 Å². The van der Waals surface area contributed by atoms with Gasteiger partial charge in [0.25, 0.3) is 0 Å². The van der Waals surface area contributed by atoms with E-state index in [-0.39, 0.29) is 24.8 Å². The molecule has 0 amide bonds. The highest BCUT2D eigenvalue weighted by molar-refractivity contribution is 5.91. The Morgan fingerprint density at radius 2 is 1.96 bits per heavy atom. The fraction of sp³-hybridized carbons (Fsp3) is 0.438. The summed E-state index contributed by atoms with van der Waals surface area (Å²) in [6.45, 7) is 2.43. The summed E-state index contributed by atoms with van der Waals surface area (Å²) in [5.41, 5.74) is 1.17. The topological polar surface area (TPSA) is 94.4 Å². The molecule has 3 atom stereocenters. The number of carbonyl (C=O) groups excluding carboxylic acids is 2. The summed E-state index contributed by atoms with van der Waals surface area (Å²) in [6.07, 6.45) is -1.74. The van der Waals surface area contributed by atoms with Crippen LogP contribution in [0.3, 0.4) is 0 Å². The van der Waals surface area contributed by atoms with Gasteiger partial charge in [0.1, 0.15) is 18.4 Å². The molecule has 1 aromatic carbocycles. The third kappa shape index (κ3) is 4.53. The Hall–Kier alpha value is -2.41. The lowest BCUT2D eigenvalue weighted by Gasteiger charge is -2.36. The van der Waals surface area contributed by atoms with Crippen LogP contribution in [0.15, 0.2) is 35.5 Å². The van der Waals surface area contributed by atoms with Crippen molar-refractivity contribution in [3.8, 4) is 0 Å². The van der Waals surface area contributed by atoms with Gasteiger partial charge in [-0.3, -0.25) is 9.59 Å². The molecular weight excluding hydrogens is 302 g/mol. The molecule has 0 radical (unpaired) electrons. The van der Waals surface area contributed by atoms with Gasteiger partial charge in [0.05, 0.1) is 6.10 Å². The average Bonchev–Trinajstić information content (AvgIpc) is 2.53. The summed E-state index contributed by atoms with van der Waals surface area (Å²) in [6, 6.07) is 9.39. The molecule has 0 aromatic heterocycles. The second-order valence-corrected chi connectivity index (χ2v) is 5.20. The fourth-order valence-corrected chi connectivity index (χ4v) is 2.46. The predicted molar refractivity (Wildman–Crippen MR) is 80.1 cm³/mol. The molecule has 1 aromatic rings. The number of hydrogen-bond acceptors (Lipinski definition) is 7. The maximum atomic E-state index is 11.3. The zero-order valence-corrected chi connectivity index (χ0v) is 13.0. The second-order valence-electron chi connectivity index (χ2n) is 5.20. The van der Waals surface area contributed by atoms with E-state index in [4.69, 9.17) is 14.2 Å². The maximum absolute atomic E-state index is 11.3. The Balaban J connectivity index is 2.23. The minimum absolute atomic E-state index is 0.102. The van der Waals surface area contributed by atoms with E-state index in [9.17, 15) is 14.8 Å². The number of rotatable bonds is 4.